The van der Waals surface area contributed by atoms with Gasteiger partial charge in [0.15, 0.2) is 0 Å². The molecule has 0 saturated carbocycles. The molecule has 2 rings (SSSR count). The van der Waals surface area contributed by atoms with Crippen LogP contribution in [0.1, 0.15) is 40.5 Å². The molecule has 0 bridgehead atoms. The van der Waals surface area contributed by atoms with Gasteiger partial charge in [0.25, 0.3) is 0 Å². The zero-order valence-corrected chi connectivity index (χ0v) is 14.1. The summed E-state index contributed by atoms with van der Waals surface area (Å²) in [5.74, 6) is 0. The number of piperidine rings is 1. The first-order valence-corrected chi connectivity index (χ1v) is 8.24. The van der Waals surface area contributed by atoms with Gasteiger partial charge in [-0.15, -0.1) is 0 Å². The van der Waals surface area contributed by atoms with E-state index in [0.29, 0.717) is 12.1 Å². The van der Waals surface area contributed by atoms with E-state index in [1.54, 1.807) is 0 Å². The fraction of sp³-hybridized carbons (Fsp3) is 1.00. The second kappa shape index (κ2) is 6.73. The van der Waals surface area contributed by atoms with Gasteiger partial charge >= 0.3 is 0 Å². The summed E-state index contributed by atoms with van der Waals surface area (Å²) in [5, 5.41) is 0. The number of rotatable bonds is 4. The number of piperazine rings is 1. The van der Waals surface area contributed by atoms with Crippen LogP contribution in [0.4, 0.5) is 0 Å². The topological polar surface area (TPSA) is 19.0 Å². The average molecular weight is 283 g/mol. The van der Waals surface area contributed by atoms with Crippen molar-refractivity contribution in [3.63, 3.8) is 0 Å². The lowest BCUT2D eigenvalue weighted by molar-refractivity contribution is -0.182. The lowest BCUT2D eigenvalue weighted by atomic mass is 10.1. The van der Waals surface area contributed by atoms with E-state index < -0.39 is 0 Å². The Balaban J connectivity index is 1.80. The molecule has 0 aromatic heterocycles. The van der Waals surface area contributed by atoms with Crippen LogP contribution in [0.2, 0.25) is 0 Å². The predicted octanol–water partition coefficient (Wildman–Crippen LogP) is 1.86. The van der Waals surface area contributed by atoms with Crippen LogP contribution in [-0.2, 0) is 4.74 Å². The maximum absolute atomic E-state index is 6.46. The predicted molar refractivity (Wildman–Crippen MR) is 84.0 cm³/mol. The van der Waals surface area contributed by atoms with Crippen molar-refractivity contribution in [3.05, 3.63) is 0 Å². The van der Waals surface area contributed by atoms with Crippen molar-refractivity contribution in [2.75, 3.05) is 46.3 Å². The Labute approximate surface area is 125 Å². The molecule has 0 aromatic rings. The van der Waals surface area contributed by atoms with Gasteiger partial charge in [-0.3, -0.25) is 4.90 Å². The molecule has 0 atom stereocenters. The highest BCUT2D eigenvalue weighted by molar-refractivity contribution is 4.82. The van der Waals surface area contributed by atoms with E-state index in [9.17, 15) is 0 Å². The van der Waals surface area contributed by atoms with Crippen LogP contribution in [-0.4, -0.2) is 78.9 Å². The monoisotopic (exact) mass is 283 g/mol. The Kier molecular flexibility index (Phi) is 5.46. The first-order valence-electron chi connectivity index (χ1n) is 8.24. The van der Waals surface area contributed by atoms with Gasteiger partial charge in [0.1, 0.15) is 5.72 Å². The molecule has 4 nitrogen and oxygen atoms in total. The molecule has 2 aliphatic heterocycles. The van der Waals surface area contributed by atoms with Crippen LogP contribution in [0.15, 0.2) is 0 Å². The summed E-state index contributed by atoms with van der Waals surface area (Å²) in [7, 11) is 2.20. The third kappa shape index (κ3) is 4.17. The smallest absolute Gasteiger partial charge is 0.116 e. The number of hydrogen-bond acceptors (Lipinski definition) is 4. The standard InChI is InChI=1S/C16H33N3O/c1-14(2)18-8-6-15(7-9-18)20-16(3,4)19-12-10-17(5)11-13-19/h14-15H,6-13H2,1-5H3. The number of likely N-dealkylation sites (tertiary alicyclic amines) is 1. The van der Waals surface area contributed by atoms with Gasteiger partial charge in [0.2, 0.25) is 0 Å². The second-order valence-electron chi connectivity index (χ2n) is 7.18. The van der Waals surface area contributed by atoms with Crippen molar-refractivity contribution < 1.29 is 4.74 Å². The minimum atomic E-state index is -0.119. The van der Waals surface area contributed by atoms with Crippen LogP contribution in [0, 0.1) is 0 Å². The van der Waals surface area contributed by atoms with Crippen molar-refractivity contribution >= 4 is 0 Å². The van der Waals surface area contributed by atoms with E-state index in [4.69, 9.17) is 4.74 Å². The van der Waals surface area contributed by atoms with E-state index in [2.05, 4.69) is 49.4 Å². The summed E-state index contributed by atoms with van der Waals surface area (Å²) in [6.45, 7) is 16.0. The van der Waals surface area contributed by atoms with Gasteiger partial charge in [-0.25, -0.2) is 0 Å². The largest absolute Gasteiger partial charge is 0.358 e. The van der Waals surface area contributed by atoms with E-state index in [1.807, 2.05) is 0 Å². The first kappa shape index (κ1) is 16.2. The Hall–Kier alpha value is -0.160. The third-order valence-electron chi connectivity index (χ3n) is 4.93. The SMILES string of the molecule is CC(C)N1CCC(OC(C)(C)N2CCN(C)CC2)CC1. The van der Waals surface area contributed by atoms with E-state index in [1.165, 1.54) is 25.9 Å². The zero-order chi connectivity index (χ0) is 14.8. The second-order valence-corrected chi connectivity index (χ2v) is 7.18. The van der Waals surface area contributed by atoms with Gasteiger partial charge in [-0.1, -0.05) is 0 Å². The molecule has 0 N–H and O–H groups in total. The highest BCUT2D eigenvalue weighted by Crippen LogP contribution is 2.25. The lowest BCUT2D eigenvalue weighted by Gasteiger charge is -2.46. The highest BCUT2D eigenvalue weighted by Gasteiger charge is 2.33. The lowest BCUT2D eigenvalue weighted by Crippen LogP contribution is -2.56. The van der Waals surface area contributed by atoms with Gasteiger partial charge in [0.05, 0.1) is 6.10 Å². The highest BCUT2D eigenvalue weighted by atomic mass is 16.5. The molecular formula is C16H33N3O. The van der Waals surface area contributed by atoms with Crippen molar-refractivity contribution in [1.82, 2.24) is 14.7 Å². The molecule has 118 valence electrons. The summed E-state index contributed by atoms with van der Waals surface area (Å²) < 4.78 is 6.46. The molecule has 0 amide bonds. The molecule has 4 heteroatoms. The fourth-order valence-corrected chi connectivity index (χ4v) is 3.34. The maximum Gasteiger partial charge on any atom is 0.116 e. The molecule has 0 aliphatic carbocycles. The van der Waals surface area contributed by atoms with Crippen LogP contribution in [0.5, 0.6) is 0 Å². The number of likely N-dealkylation sites (N-methyl/N-ethyl adjacent to an activating group) is 1. The molecule has 2 fully saturated rings. The Morgan fingerprint density at radius 3 is 2.00 bits per heavy atom. The number of ether oxygens (including phenoxy) is 1. The molecule has 2 saturated heterocycles. The van der Waals surface area contributed by atoms with Gasteiger partial charge in [0, 0.05) is 45.3 Å². The summed E-state index contributed by atoms with van der Waals surface area (Å²) in [5.41, 5.74) is -0.119. The van der Waals surface area contributed by atoms with Crippen molar-refractivity contribution in [3.8, 4) is 0 Å². The summed E-state index contributed by atoms with van der Waals surface area (Å²) >= 11 is 0. The molecule has 0 aromatic carbocycles. The maximum atomic E-state index is 6.46. The quantitative estimate of drug-likeness (QED) is 0.784. The molecular weight excluding hydrogens is 250 g/mol. The summed E-state index contributed by atoms with van der Waals surface area (Å²) in [6, 6.07) is 0.668. The van der Waals surface area contributed by atoms with Crippen LogP contribution >= 0.6 is 0 Å². The number of hydrogen-bond donors (Lipinski definition) is 0. The number of nitrogens with zero attached hydrogens (tertiary/aromatic N) is 3. The first-order chi connectivity index (χ1) is 9.38. The van der Waals surface area contributed by atoms with Crippen molar-refractivity contribution in [1.29, 1.82) is 0 Å². The molecule has 20 heavy (non-hydrogen) atoms. The van der Waals surface area contributed by atoms with Gasteiger partial charge in [-0.2, -0.15) is 0 Å². The van der Waals surface area contributed by atoms with Crippen LogP contribution in [0.25, 0.3) is 0 Å². The molecule has 0 spiro atoms. The molecule has 0 radical (unpaired) electrons. The fourth-order valence-electron chi connectivity index (χ4n) is 3.34. The van der Waals surface area contributed by atoms with Crippen LogP contribution in [0.3, 0.4) is 0 Å². The molecule has 2 aliphatic rings. The average Bonchev–Trinajstić information content (AvgIpc) is 2.39. The van der Waals surface area contributed by atoms with Gasteiger partial charge in [-0.05, 0) is 47.6 Å². The van der Waals surface area contributed by atoms with E-state index in [-0.39, 0.29) is 5.72 Å². The molecule has 2 heterocycles. The summed E-state index contributed by atoms with van der Waals surface area (Å²) in [4.78, 5) is 7.46. The van der Waals surface area contributed by atoms with Gasteiger partial charge < -0.3 is 14.5 Å². The normalized spacial score (nSPS) is 25.5. The summed E-state index contributed by atoms with van der Waals surface area (Å²) in [6.07, 6.45) is 2.78. The van der Waals surface area contributed by atoms with Crippen molar-refractivity contribution in [2.45, 2.75) is 58.4 Å². The zero-order valence-electron chi connectivity index (χ0n) is 14.1. The van der Waals surface area contributed by atoms with Crippen molar-refractivity contribution in [2.24, 2.45) is 0 Å². The Bertz CT molecular complexity index is 290. The van der Waals surface area contributed by atoms with E-state index >= 15 is 0 Å². The van der Waals surface area contributed by atoms with Crippen LogP contribution < -0.4 is 0 Å². The molecule has 0 unspecified atom stereocenters. The van der Waals surface area contributed by atoms with E-state index in [0.717, 1.165) is 26.2 Å². The minimum Gasteiger partial charge on any atom is -0.358 e. The Morgan fingerprint density at radius 2 is 1.50 bits per heavy atom. The Morgan fingerprint density at radius 1 is 0.950 bits per heavy atom. The minimum absolute atomic E-state index is 0.119. The third-order valence-corrected chi connectivity index (χ3v) is 4.93.